The van der Waals surface area contributed by atoms with Crippen molar-refractivity contribution in [3.63, 3.8) is 0 Å². The number of carbonyl (C=O) groups is 2. The molecule has 2 N–H and O–H groups in total. The first-order valence-electron chi connectivity index (χ1n) is 12.3. The Morgan fingerprint density at radius 3 is 2.33 bits per heavy atom. The molecule has 210 valence electrons. The molecule has 0 aliphatic heterocycles. The molecule has 0 saturated heterocycles. The van der Waals surface area contributed by atoms with Crippen LogP contribution in [0.5, 0.6) is 0 Å². The molecule has 0 radical (unpaired) electrons. The molecule has 1 amide bonds. The number of unbranched alkanes of at least 4 members (excludes halogenated alkanes) is 1. The summed E-state index contributed by atoms with van der Waals surface area (Å²) in [5.41, 5.74) is 1.97. The highest BCUT2D eigenvalue weighted by molar-refractivity contribution is 8.13. The summed E-state index contributed by atoms with van der Waals surface area (Å²) in [6, 6.07) is 18.6. The fraction of sp³-hybridized carbons (Fsp3) is 0.214. The lowest BCUT2D eigenvalue weighted by Crippen LogP contribution is -3.00. The molecule has 12 heteroatoms. The van der Waals surface area contributed by atoms with E-state index in [4.69, 9.17) is 4.52 Å². The summed E-state index contributed by atoms with van der Waals surface area (Å²) in [5, 5.41) is 6.52. The number of aromatic nitrogens is 2. The van der Waals surface area contributed by atoms with E-state index in [1.165, 1.54) is 24.3 Å². The van der Waals surface area contributed by atoms with Gasteiger partial charge in [0, 0.05) is 41.1 Å². The van der Waals surface area contributed by atoms with Crippen LogP contribution in [-0.4, -0.2) is 24.6 Å². The number of pyridine rings is 1. The molecule has 0 saturated carbocycles. The largest absolute Gasteiger partial charge is 1.00 e. The summed E-state index contributed by atoms with van der Waals surface area (Å²) in [4.78, 5) is 26.2. The van der Waals surface area contributed by atoms with Gasteiger partial charge in [-0.3, -0.25) is 9.59 Å². The van der Waals surface area contributed by atoms with Crippen molar-refractivity contribution in [3.05, 3.63) is 95.9 Å². The van der Waals surface area contributed by atoms with E-state index in [1.807, 2.05) is 30.6 Å². The molecule has 2 heterocycles. The lowest BCUT2D eigenvalue weighted by atomic mass is 10.2. The second-order valence-electron chi connectivity index (χ2n) is 8.85. The van der Waals surface area contributed by atoms with Gasteiger partial charge in [0.1, 0.15) is 6.54 Å². The number of benzene rings is 2. The number of nitrogens with zero attached hydrogens (tertiary/aromatic N) is 2. The number of hydrogen-bond acceptors (Lipinski definition) is 7. The maximum absolute atomic E-state index is 13.0. The van der Waals surface area contributed by atoms with Crippen LogP contribution in [0.15, 0.2) is 93.4 Å². The zero-order valence-electron chi connectivity index (χ0n) is 22.0. The second-order valence-corrected chi connectivity index (χ2v) is 11.6. The Balaban J connectivity index is 0.00000441. The molecule has 2 aromatic carbocycles. The number of halogens is 1. The first-order valence-corrected chi connectivity index (χ1v) is 14.6. The first-order chi connectivity index (χ1) is 18.7. The van der Waals surface area contributed by atoms with Crippen LogP contribution in [0.4, 0.5) is 11.6 Å². The average molecular weight is 646 g/mol. The summed E-state index contributed by atoms with van der Waals surface area (Å²) >= 11 is 1.06. The van der Waals surface area contributed by atoms with Crippen LogP contribution in [0, 0.1) is 13.8 Å². The number of aryl methyl sites for hydroxylation is 2. The van der Waals surface area contributed by atoms with Crippen LogP contribution in [0.3, 0.4) is 0 Å². The van der Waals surface area contributed by atoms with E-state index in [0.29, 0.717) is 33.8 Å². The minimum absolute atomic E-state index is 0. The third kappa shape index (κ3) is 8.26. The summed E-state index contributed by atoms with van der Waals surface area (Å²) in [5.74, 6) is -0.337. The smallest absolute Gasteiger partial charge is 0.264 e. The highest BCUT2D eigenvalue weighted by Gasteiger charge is 2.20. The Kier molecular flexibility index (Phi) is 11.1. The molecule has 0 bridgehead atoms. The maximum atomic E-state index is 13.0. The normalized spacial score (nSPS) is 10.9. The van der Waals surface area contributed by atoms with E-state index in [2.05, 4.69) is 19.8 Å². The number of anilines is 2. The lowest BCUT2D eigenvalue weighted by Gasteiger charge is -2.10. The van der Waals surface area contributed by atoms with E-state index in [-0.39, 0.29) is 32.9 Å². The van der Waals surface area contributed by atoms with Gasteiger partial charge in [0.15, 0.2) is 17.5 Å². The van der Waals surface area contributed by atoms with Crippen molar-refractivity contribution < 1.29 is 44.1 Å². The SMILES string of the molecule is Cc1noc(NS(=O)(=O)c2ccc(NC(=O)c3ccccc3SC(=O)CCCC[n+]3ccccc3)cc2)c1C.[Br-]. The van der Waals surface area contributed by atoms with E-state index in [9.17, 15) is 18.0 Å². The fourth-order valence-electron chi connectivity index (χ4n) is 3.67. The van der Waals surface area contributed by atoms with Gasteiger partial charge in [0.25, 0.3) is 15.9 Å². The highest BCUT2D eigenvalue weighted by atomic mass is 79.9. The summed E-state index contributed by atoms with van der Waals surface area (Å²) in [6.45, 7) is 4.26. The Hall–Kier alpha value is -3.48. The van der Waals surface area contributed by atoms with Crippen LogP contribution in [0.1, 0.15) is 40.9 Å². The number of carbonyl (C=O) groups excluding carboxylic acids is 2. The molecule has 4 rings (SSSR count). The summed E-state index contributed by atoms with van der Waals surface area (Å²) in [6.07, 6.45) is 6.03. The number of sulfonamides is 1. The van der Waals surface area contributed by atoms with Crippen LogP contribution in [0.2, 0.25) is 0 Å². The van der Waals surface area contributed by atoms with Crippen LogP contribution >= 0.6 is 11.8 Å². The van der Waals surface area contributed by atoms with Gasteiger partial charge in [0.2, 0.25) is 5.88 Å². The third-order valence-electron chi connectivity index (χ3n) is 5.99. The van der Waals surface area contributed by atoms with Crippen molar-refractivity contribution in [1.29, 1.82) is 0 Å². The minimum Gasteiger partial charge on any atom is -1.00 e. The minimum atomic E-state index is -3.90. The summed E-state index contributed by atoms with van der Waals surface area (Å²) in [7, 11) is -3.90. The first kappa shape index (κ1) is 31.1. The van der Waals surface area contributed by atoms with Gasteiger partial charge in [-0.25, -0.2) is 17.7 Å². The topological polar surface area (TPSA) is 122 Å². The number of rotatable bonds is 11. The number of hydrogen-bond donors (Lipinski definition) is 2. The molecule has 4 aromatic rings. The van der Waals surface area contributed by atoms with E-state index < -0.39 is 15.9 Å². The van der Waals surface area contributed by atoms with Crippen molar-refractivity contribution >= 4 is 44.4 Å². The zero-order chi connectivity index (χ0) is 27.8. The Morgan fingerprint density at radius 2 is 1.65 bits per heavy atom. The van der Waals surface area contributed by atoms with Gasteiger partial charge in [-0.2, -0.15) is 0 Å². The predicted octanol–water partition coefficient (Wildman–Crippen LogP) is 2.13. The Labute approximate surface area is 248 Å². The molecular weight excluding hydrogens is 616 g/mol. The molecule has 0 aliphatic rings. The van der Waals surface area contributed by atoms with Gasteiger partial charge in [-0.05, 0) is 56.7 Å². The third-order valence-corrected chi connectivity index (χ3v) is 8.34. The average Bonchev–Trinajstić information content (AvgIpc) is 3.24. The standard InChI is InChI=1S/C28H28N4O5S2.BrH/c1-20-21(2)30-37-28(20)31-39(35,36)23-15-13-22(14-16-23)29-27(34)24-10-4-5-11-25(24)38-26(33)12-6-9-19-32-17-7-3-8-18-32;/h3-5,7-8,10-11,13-18H,6,9,12,19H2,1-2H3,(H-,29,30,31,34);1H. The molecule has 9 nitrogen and oxygen atoms in total. The van der Waals surface area contributed by atoms with Crippen LogP contribution in [0.25, 0.3) is 0 Å². The van der Waals surface area contributed by atoms with Gasteiger partial charge >= 0.3 is 0 Å². The molecule has 0 fully saturated rings. The van der Waals surface area contributed by atoms with Gasteiger partial charge in [-0.1, -0.05) is 35.1 Å². The van der Waals surface area contributed by atoms with E-state index in [1.54, 1.807) is 38.1 Å². The van der Waals surface area contributed by atoms with Crippen LogP contribution < -0.4 is 31.6 Å². The number of thioether (sulfide) groups is 1. The molecular formula is C28H29BrN4O5S2. The fourth-order valence-corrected chi connectivity index (χ4v) is 5.63. The zero-order valence-corrected chi connectivity index (χ0v) is 25.2. The molecule has 0 aliphatic carbocycles. The van der Waals surface area contributed by atoms with Gasteiger partial charge in [0.05, 0.1) is 16.2 Å². The predicted molar refractivity (Wildman–Crippen MR) is 149 cm³/mol. The van der Waals surface area contributed by atoms with E-state index in [0.717, 1.165) is 31.1 Å². The molecule has 0 unspecified atom stereocenters. The maximum Gasteiger partial charge on any atom is 0.264 e. The molecule has 0 spiro atoms. The number of amides is 1. The van der Waals surface area contributed by atoms with Gasteiger partial charge in [-0.15, -0.1) is 0 Å². The van der Waals surface area contributed by atoms with Crippen molar-refractivity contribution in [2.75, 3.05) is 10.0 Å². The molecule has 40 heavy (non-hydrogen) atoms. The van der Waals surface area contributed by atoms with E-state index >= 15 is 0 Å². The Morgan fingerprint density at radius 1 is 0.950 bits per heavy atom. The Bertz CT molecular complexity index is 1560. The quantitative estimate of drug-likeness (QED) is 0.146. The van der Waals surface area contributed by atoms with Gasteiger partial charge < -0.3 is 26.8 Å². The molecule has 0 atom stereocenters. The second kappa shape index (κ2) is 14.2. The molecule has 2 aromatic heterocycles. The summed E-state index contributed by atoms with van der Waals surface area (Å²) < 4.78 is 34.9. The van der Waals surface area contributed by atoms with Crippen LogP contribution in [-0.2, 0) is 21.4 Å². The van der Waals surface area contributed by atoms with Crippen molar-refractivity contribution in [3.8, 4) is 0 Å². The van der Waals surface area contributed by atoms with Crippen molar-refractivity contribution in [1.82, 2.24) is 5.16 Å². The lowest BCUT2D eigenvalue weighted by molar-refractivity contribution is -0.697. The highest BCUT2D eigenvalue weighted by Crippen LogP contribution is 2.27. The monoisotopic (exact) mass is 644 g/mol. The number of nitrogens with one attached hydrogen (secondary N) is 2. The van der Waals surface area contributed by atoms with Crippen molar-refractivity contribution in [2.24, 2.45) is 0 Å². The van der Waals surface area contributed by atoms with Crippen molar-refractivity contribution in [2.45, 2.75) is 49.4 Å².